The number of hydrogen-bond donors (Lipinski definition) is 1. The van der Waals surface area contributed by atoms with Gasteiger partial charge in [-0.2, -0.15) is 5.26 Å². The molecule has 4 heteroatoms. The molecular formula is C10H12N4. The van der Waals surface area contributed by atoms with E-state index in [1.54, 1.807) is 6.20 Å². The Morgan fingerprint density at radius 2 is 2.43 bits per heavy atom. The van der Waals surface area contributed by atoms with E-state index in [9.17, 15) is 0 Å². The highest BCUT2D eigenvalue weighted by molar-refractivity contribution is 5.56. The summed E-state index contributed by atoms with van der Waals surface area (Å²) in [4.78, 5) is 6.15. The molecule has 1 saturated heterocycles. The summed E-state index contributed by atoms with van der Waals surface area (Å²) in [6.45, 7) is 1.96. The molecule has 0 atom stereocenters. The van der Waals surface area contributed by atoms with Crippen molar-refractivity contribution >= 4 is 5.69 Å². The highest BCUT2D eigenvalue weighted by Gasteiger charge is 2.23. The van der Waals surface area contributed by atoms with Crippen molar-refractivity contribution in [3.05, 3.63) is 24.0 Å². The monoisotopic (exact) mass is 188 g/mol. The maximum absolute atomic E-state index is 8.89. The molecule has 14 heavy (non-hydrogen) atoms. The standard InChI is InChI=1S/C10H12N4/c1-14(8-6-12-7-8)10-3-2-4-13-9(10)5-11/h2-4,8,12H,6-7H2,1H3. The number of aromatic nitrogens is 1. The molecule has 1 aromatic heterocycles. The largest absolute Gasteiger partial charge is 0.367 e. The summed E-state index contributed by atoms with van der Waals surface area (Å²) in [6.07, 6.45) is 1.65. The van der Waals surface area contributed by atoms with Gasteiger partial charge in [0.1, 0.15) is 6.07 Å². The van der Waals surface area contributed by atoms with E-state index in [4.69, 9.17) is 5.26 Å². The summed E-state index contributed by atoms with van der Waals surface area (Å²) in [5.74, 6) is 0. The van der Waals surface area contributed by atoms with E-state index in [1.165, 1.54) is 0 Å². The zero-order valence-corrected chi connectivity index (χ0v) is 8.07. The Bertz CT molecular complexity index is 365. The summed E-state index contributed by atoms with van der Waals surface area (Å²) >= 11 is 0. The molecule has 0 amide bonds. The van der Waals surface area contributed by atoms with Crippen molar-refractivity contribution in [1.29, 1.82) is 5.26 Å². The van der Waals surface area contributed by atoms with Gasteiger partial charge in [-0.05, 0) is 12.1 Å². The molecule has 1 fully saturated rings. The van der Waals surface area contributed by atoms with Gasteiger partial charge in [0, 0.05) is 26.3 Å². The van der Waals surface area contributed by atoms with E-state index in [2.05, 4.69) is 21.3 Å². The first kappa shape index (κ1) is 8.97. The first-order chi connectivity index (χ1) is 6.83. The smallest absolute Gasteiger partial charge is 0.163 e. The predicted octanol–water partition coefficient (Wildman–Crippen LogP) is 0.361. The number of anilines is 1. The van der Waals surface area contributed by atoms with E-state index in [0.717, 1.165) is 18.8 Å². The van der Waals surface area contributed by atoms with Crippen LogP contribution in [0.3, 0.4) is 0 Å². The number of nitrogens with zero attached hydrogens (tertiary/aromatic N) is 3. The molecule has 0 aliphatic carbocycles. The van der Waals surface area contributed by atoms with Crippen molar-refractivity contribution in [2.45, 2.75) is 6.04 Å². The zero-order valence-electron chi connectivity index (χ0n) is 8.07. The molecule has 0 aromatic carbocycles. The molecule has 1 aliphatic rings. The van der Waals surface area contributed by atoms with Gasteiger partial charge in [-0.25, -0.2) is 4.98 Å². The second-order valence-electron chi connectivity index (χ2n) is 3.41. The molecule has 1 aromatic rings. The fourth-order valence-electron chi connectivity index (χ4n) is 1.51. The van der Waals surface area contributed by atoms with E-state index in [0.29, 0.717) is 11.7 Å². The van der Waals surface area contributed by atoms with Gasteiger partial charge >= 0.3 is 0 Å². The molecule has 0 bridgehead atoms. The topological polar surface area (TPSA) is 52.0 Å². The Morgan fingerprint density at radius 1 is 1.64 bits per heavy atom. The van der Waals surface area contributed by atoms with Crippen LogP contribution in [0.15, 0.2) is 18.3 Å². The summed E-state index contributed by atoms with van der Waals surface area (Å²) < 4.78 is 0. The van der Waals surface area contributed by atoms with Crippen molar-refractivity contribution < 1.29 is 0 Å². The van der Waals surface area contributed by atoms with Crippen LogP contribution >= 0.6 is 0 Å². The van der Waals surface area contributed by atoms with Crippen LogP contribution in [0, 0.1) is 11.3 Å². The minimum atomic E-state index is 0.492. The van der Waals surface area contributed by atoms with Gasteiger partial charge in [0.2, 0.25) is 0 Å². The average Bonchev–Trinajstić information content (AvgIpc) is 2.15. The third-order valence-corrected chi connectivity index (χ3v) is 2.58. The molecule has 2 heterocycles. The zero-order chi connectivity index (χ0) is 9.97. The number of pyridine rings is 1. The summed E-state index contributed by atoms with van der Waals surface area (Å²) in [5, 5.41) is 12.1. The Kier molecular flexibility index (Phi) is 2.33. The van der Waals surface area contributed by atoms with Crippen LogP contribution in [0.25, 0.3) is 0 Å². The average molecular weight is 188 g/mol. The van der Waals surface area contributed by atoms with Gasteiger partial charge in [-0.1, -0.05) is 0 Å². The lowest BCUT2D eigenvalue weighted by Crippen LogP contribution is -2.56. The Morgan fingerprint density at radius 3 is 3.00 bits per heavy atom. The SMILES string of the molecule is CN(c1cccnc1C#N)C1CNC1. The maximum Gasteiger partial charge on any atom is 0.163 e. The molecule has 0 spiro atoms. The molecule has 1 aliphatic heterocycles. The van der Waals surface area contributed by atoms with Gasteiger partial charge in [-0.3, -0.25) is 0 Å². The highest BCUT2D eigenvalue weighted by atomic mass is 15.2. The maximum atomic E-state index is 8.89. The van der Waals surface area contributed by atoms with Crippen LogP contribution < -0.4 is 10.2 Å². The van der Waals surface area contributed by atoms with Crippen LogP contribution in [0.2, 0.25) is 0 Å². The van der Waals surface area contributed by atoms with Gasteiger partial charge < -0.3 is 10.2 Å². The molecule has 4 nitrogen and oxygen atoms in total. The minimum absolute atomic E-state index is 0.492. The number of likely N-dealkylation sites (N-methyl/N-ethyl adjacent to an activating group) is 1. The molecule has 0 radical (unpaired) electrons. The van der Waals surface area contributed by atoms with E-state index >= 15 is 0 Å². The van der Waals surface area contributed by atoms with Crippen molar-refractivity contribution in [3.63, 3.8) is 0 Å². The Balaban J connectivity index is 2.26. The van der Waals surface area contributed by atoms with Crippen molar-refractivity contribution in [2.24, 2.45) is 0 Å². The normalized spacial score (nSPS) is 15.7. The highest BCUT2D eigenvalue weighted by Crippen LogP contribution is 2.19. The predicted molar refractivity (Wildman–Crippen MR) is 54.0 cm³/mol. The molecule has 2 rings (SSSR count). The quantitative estimate of drug-likeness (QED) is 0.728. The lowest BCUT2D eigenvalue weighted by Gasteiger charge is -2.37. The second kappa shape index (κ2) is 3.64. The Hall–Kier alpha value is -1.60. The van der Waals surface area contributed by atoms with Crippen molar-refractivity contribution in [1.82, 2.24) is 10.3 Å². The van der Waals surface area contributed by atoms with Gasteiger partial charge in [0.15, 0.2) is 5.69 Å². The second-order valence-corrected chi connectivity index (χ2v) is 3.41. The lowest BCUT2D eigenvalue weighted by molar-refractivity contribution is 0.428. The van der Waals surface area contributed by atoms with Gasteiger partial charge in [-0.15, -0.1) is 0 Å². The minimum Gasteiger partial charge on any atom is -0.367 e. The van der Waals surface area contributed by atoms with E-state index in [-0.39, 0.29) is 0 Å². The third kappa shape index (κ3) is 1.42. The fraction of sp³-hybridized carbons (Fsp3) is 0.400. The number of rotatable bonds is 2. The van der Waals surface area contributed by atoms with Crippen molar-refractivity contribution in [2.75, 3.05) is 25.0 Å². The van der Waals surface area contributed by atoms with Crippen molar-refractivity contribution in [3.8, 4) is 6.07 Å². The molecular weight excluding hydrogens is 176 g/mol. The molecule has 0 saturated carbocycles. The molecule has 72 valence electrons. The number of nitriles is 1. The third-order valence-electron chi connectivity index (χ3n) is 2.58. The number of nitrogens with one attached hydrogen (secondary N) is 1. The molecule has 1 N–H and O–H groups in total. The first-order valence-corrected chi connectivity index (χ1v) is 4.61. The van der Waals surface area contributed by atoms with Crippen LogP contribution in [0.1, 0.15) is 5.69 Å². The molecule has 0 unspecified atom stereocenters. The lowest BCUT2D eigenvalue weighted by atomic mass is 10.1. The first-order valence-electron chi connectivity index (χ1n) is 4.61. The van der Waals surface area contributed by atoms with Gasteiger partial charge in [0.05, 0.1) is 11.7 Å². The van der Waals surface area contributed by atoms with E-state index < -0.39 is 0 Å². The van der Waals surface area contributed by atoms with Crippen LogP contribution in [0.5, 0.6) is 0 Å². The van der Waals surface area contributed by atoms with Crippen LogP contribution in [0.4, 0.5) is 5.69 Å². The number of hydrogen-bond acceptors (Lipinski definition) is 4. The summed E-state index contributed by atoms with van der Waals surface area (Å²) in [7, 11) is 2.00. The van der Waals surface area contributed by atoms with E-state index in [1.807, 2.05) is 19.2 Å². The fourth-order valence-corrected chi connectivity index (χ4v) is 1.51. The summed E-state index contributed by atoms with van der Waals surface area (Å²) in [6, 6.07) is 6.39. The summed E-state index contributed by atoms with van der Waals surface area (Å²) in [5.41, 5.74) is 1.42. The van der Waals surface area contributed by atoms with Crippen LogP contribution in [-0.4, -0.2) is 31.2 Å². The van der Waals surface area contributed by atoms with Gasteiger partial charge in [0.25, 0.3) is 0 Å². The Labute approximate surface area is 83.2 Å². The van der Waals surface area contributed by atoms with Crippen LogP contribution in [-0.2, 0) is 0 Å².